The third-order valence-corrected chi connectivity index (χ3v) is 2.87. The van der Waals surface area contributed by atoms with Gasteiger partial charge in [0.2, 0.25) is 5.91 Å². The highest BCUT2D eigenvalue weighted by atomic mass is 19.1. The van der Waals surface area contributed by atoms with Gasteiger partial charge >= 0.3 is 0 Å². The number of nitro groups is 1. The lowest BCUT2D eigenvalue weighted by Crippen LogP contribution is -2.24. The number of halogens is 2. The van der Waals surface area contributed by atoms with Crippen LogP contribution in [0.3, 0.4) is 0 Å². The van der Waals surface area contributed by atoms with E-state index in [-0.39, 0.29) is 0 Å². The van der Waals surface area contributed by atoms with Crippen molar-refractivity contribution in [1.29, 1.82) is 5.26 Å². The predicted molar refractivity (Wildman–Crippen MR) is 58.9 cm³/mol. The SMILES string of the molecule is N#CC1(C(=O)Nc2c(F)cc(F)cc2[N+](=O)[O-])CC1. The van der Waals surface area contributed by atoms with E-state index in [9.17, 15) is 23.7 Å². The molecule has 98 valence electrons. The van der Waals surface area contributed by atoms with Crippen LogP contribution >= 0.6 is 0 Å². The summed E-state index contributed by atoms with van der Waals surface area (Å²) in [5.41, 5.74) is -2.87. The lowest BCUT2D eigenvalue weighted by Gasteiger charge is -2.09. The Morgan fingerprint density at radius 2 is 2.11 bits per heavy atom. The first-order valence-electron chi connectivity index (χ1n) is 5.26. The zero-order valence-corrected chi connectivity index (χ0v) is 9.44. The molecule has 0 saturated heterocycles. The fourth-order valence-electron chi connectivity index (χ4n) is 1.58. The van der Waals surface area contributed by atoms with Crippen molar-refractivity contribution in [2.45, 2.75) is 12.8 Å². The number of anilines is 1. The molecule has 6 nitrogen and oxygen atoms in total. The standard InChI is InChI=1S/C11H7F2N3O3/c12-6-3-7(13)9(8(4-6)16(18)19)15-10(17)11(5-14)1-2-11/h3-4H,1-2H2,(H,15,17). The van der Waals surface area contributed by atoms with Gasteiger partial charge in [-0.2, -0.15) is 5.26 Å². The molecule has 0 spiro atoms. The van der Waals surface area contributed by atoms with E-state index in [2.05, 4.69) is 0 Å². The Balaban J connectivity index is 2.38. The van der Waals surface area contributed by atoms with Gasteiger partial charge in [0, 0.05) is 6.07 Å². The van der Waals surface area contributed by atoms with E-state index in [4.69, 9.17) is 5.26 Å². The molecule has 1 aliphatic rings. The van der Waals surface area contributed by atoms with E-state index in [1.807, 2.05) is 5.32 Å². The van der Waals surface area contributed by atoms with Gasteiger partial charge in [-0.15, -0.1) is 0 Å². The van der Waals surface area contributed by atoms with E-state index in [1.54, 1.807) is 6.07 Å². The monoisotopic (exact) mass is 267 g/mol. The zero-order valence-electron chi connectivity index (χ0n) is 9.44. The fourth-order valence-corrected chi connectivity index (χ4v) is 1.58. The molecule has 1 aromatic carbocycles. The minimum absolute atomic E-state index is 0.311. The first-order chi connectivity index (χ1) is 8.89. The second-order valence-corrected chi connectivity index (χ2v) is 4.19. The molecule has 8 heteroatoms. The summed E-state index contributed by atoms with van der Waals surface area (Å²) in [6.07, 6.45) is 0.623. The van der Waals surface area contributed by atoms with Crippen LogP contribution in [0.15, 0.2) is 12.1 Å². The van der Waals surface area contributed by atoms with Gasteiger partial charge < -0.3 is 5.32 Å². The summed E-state index contributed by atoms with van der Waals surface area (Å²) < 4.78 is 26.4. The van der Waals surface area contributed by atoms with Crippen LogP contribution in [0.1, 0.15) is 12.8 Å². The highest BCUT2D eigenvalue weighted by Crippen LogP contribution is 2.46. The van der Waals surface area contributed by atoms with Gasteiger partial charge in [0.25, 0.3) is 5.69 Å². The molecule has 1 fully saturated rings. The Kier molecular flexibility index (Phi) is 2.90. The minimum atomic E-state index is -1.26. The largest absolute Gasteiger partial charge is 0.317 e. The number of carbonyl (C=O) groups excluding carboxylic acids is 1. The zero-order chi connectivity index (χ0) is 14.2. The van der Waals surface area contributed by atoms with Crippen LogP contribution < -0.4 is 5.32 Å². The Morgan fingerprint density at radius 3 is 2.58 bits per heavy atom. The minimum Gasteiger partial charge on any atom is -0.317 e. The molecule has 0 atom stereocenters. The molecular weight excluding hydrogens is 260 g/mol. The first-order valence-corrected chi connectivity index (χ1v) is 5.26. The molecule has 0 bridgehead atoms. The Labute approximate surface area is 105 Å². The third kappa shape index (κ3) is 2.22. The molecule has 1 N–H and O–H groups in total. The second kappa shape index (κ2) is 4.28. The van der Waals surface area contributed by atoms with Gasteiger partial charge in [-0.1, -0.05) is 0 Å². The van der Waals surface area contributed by atoms with Crippen molar-refractivity contribution in [2.24, 2.45) is 5.41 Å². The second-order valence-electron chi connectivity index (χ2n) is 4.19. The lowest BCUT2D eigenvalue weighted by atomic mass is 10.1. The summed E-state index contributed by atoms with van der Waals surface area (Å²) in [4.78, 5) is 21.4. The smallest absolute Gasteiger partial charge is 0.298 e. The van der Waals surface area contributed by atoms with Gasteiger partial charge in [-0.05, 0) is 12.8 Å². The molecule has 1 aromatic rings. The average Bonchev–Trinajstić information content (AvgIpc) is 3.12. The lowest BCUT2D eigenvalue weighted by molar-refractivity contribution is -0.384. The first kappa shape index (κ1) is 12.9. The van der Waals surface area contributed by atoms with E-state index < -0.39 is 39.3 Å². The average molecular weight is 267 g/mol. The van der Waals surface area contributed by atoms with E-state index >= 15 is 0 Å². The maximum absolute atomic E-state index is 13.5. The molecule has 0 heterocycles. The molecule has 0 radical (unpaired) electrons. The van der Waals surface area contributed by atoms with E-state index in [0.717, 1.165) is 0 Å². The number of hydrogen-bond acceptors (Lipinski definition) is 4. The van der Waals surface area contributed by atoms with Gasteiger partial charge in [0.05, 0.1) is 17.1 Å². The molecule has 1 aliphatic carbocycles. The van der Waals surface area contributed by atoms with Crippen LogP contribution in [-0.2, 0) is 4.79 Å². The van der Waals surface area contributed by atoms with Crippen LogP contribution in [0, 0.1) is 38.5 Å². The van der Waals surface area contributed by atoms with E-state index in [0.29, 0.717) is 25.0 Å². The molecule has 0 aliphatic heterocycles. The maximum atomic E-state index is 13.5. The van der Waals surface area contributed by atoms with Crippen molar-refractivity contribution in [3.05, 3.63) is 33.9 Å². The van der Waals surface area contributed by atoms with Crippen molar-refractivity contribution in [3.63, 3.8) is 0 Å². The number of nitro benzene ring substituents is 1. The third-order valence-electron chi connectivity index (χ3n) is 2.87. The summed E-state index contributed by atoms with van der Waals surface area (Å²) in [5.74, 6) is -3.19. The Bertz CT molecular complexity index is 620. The predicted octanol–water partition coefficient (Wildman–Crippen LogP) is 2.12. The number of benzene rings is 1. The van der Waals surface area contributed by atoms with Crippen LogP contribution in [0.25, 0.3) is 0 Å². The topological polar surface area (TPSA) is 96.0 Å². The van der Waals surface area contributed by atoms with Gasteiger partial charge in [-0.25, -0.2) is 8.78 Å². The maximum Gasteiger partial charge on any atom is 0.298 e. The van der Waals surface area contributed by atoms with Gasteiger partial charge in [0.15, 0.2) is 11.5 Å². The number of rotatable bonds is 3. The number of nitriles is 1. The molecule has 2 rings (SSSR count). The fraction of sp³-hybridized carbons (Fsp3) is 0.273. The summed E-state index contributed by atoms with van der Waals surface area (Å²) in [5, 5.41) is 21.5. The summed E-state index contributed by atoms with van der Waals surface area (Å²) in [6, 6.07) is 2.70. The number of carbonyl (C=O) groups is 1. The highest BCUT2D eigenvalue weighted by molar-refractivity contribution is 6.00. The van der Waals surface area contributed by atoms with Gasteiger partial charge in [-0.3, -0.25) is 14.9 Å². The van der Waals surface area contributed by atoms with Crippen LogP contribution in [0.2, 0.25) is 0 Å². The number of hydrogen-bond donors (Lipinski definition) is 1. The molecule has 0 unspecified atom stereocenters. The quantitative estimate of drug-likeness (QED) is 0.670. The molecule has 19 heavy (non-hydrogen) atoms. The van der Waals surface area contributed by atoms with E-state index in [1.165, 1.54) is 0 Å². The highest BCUT2D eigenvalue weighted by Gasteiger charge is 2.51. The Hall–Kier alpha value is -2.56. The molecular formula is C11H7F2N3O3. The number of amides is 1. The van der Waals surface area contributed by atoms with Crippen molar-refractivity contribution >= 4 is 17.3 Å². The van der Waals surface area contributed by atoms with Crippen molar-refractivity contribution < 1.29 is 18.5 Å². The van der Waals surface area contributed by atoms with Crippen molar-refractivity contribution in [2.75, 3.05) is 5.32 Å². The van der Waals surface area contributed by atoms with Crippen LogP contribution in [-0.4, -0.2) is 10.8 Å². The molecule has 0 aromatic heterocycles. The Morgan fingerprint density at radius 1 is 1.47 bits per heavy atom. The summed E-state index contributed by atoms with van der Waals surface area (Å²) >= 11 is 0. The van der Waals surface area contributed by atoms with Crippen LogP contribution in [0.5, 0.6) is 0 Å². The number of nitrogens with one attached hydrogen (secondary N) is 1. The summed E-state index contributed by atoms with van der Waals surface area (Å²) in [7, 11) is 0. The number of nitrogens with zero attached hydrogens (tertiary/aromatic N) is 2. The van der Waals surface area contributed by atoms with Gasteiger partial charge in [0.1, 0.15) is 11.2 Å². The normalized spacial score (nSPS) is 15.4. The van der Waals surface area contributed by atoms with Crippen molar-refractivity contribution in [1.82, 2.24) is 0 Å². The molecule has 1 amide bonds. The molecule has 1 saturated carbocycles. The van der Waals surface area contributed by atoms with Crippen molar-refractivity contribution in [3.8, 4) is 6.07 Å². The summed E-state index contributed by atoms with van der Waals surface area (Å²) in [6.45, 7) is 0. The van der Waals surface area contributed by atoms with Crippen LogP contribution in [0.4, 0.5) is 20.2 Å².